The first kappa shape index (κ1) is 7.43. The fourth-order valence-corrected chi connectivity index (χ4v) is 0.919. The third-order valence-corrected chi connectivity index (χ3v) is 1.90. The molecule has 0 aromatic carbocycles. The lowest BCUT2D eigenvalue weighted by atomic mass is 10.3. The van der Waals surface area contributed by atoms with E-state index in [2.05, 4.69) is 20.8 Å². The summed E-state index contributed by atoms with van der Waals surface area (Å²) in [4.78, 5) is 0. The zero-order chi connectivity index (χ0) is 5.91. The highest BCUT2D eigenvalue weighted by Gasteiger charge is 2.05. The normalized spacial score (nSPS) is 13.7. The van der Waals surface area contributed by atoms with E-state index in [1.54, 1.807) is 0 Å². The molecule has 0 bridgehead atoms. The van der Waals surface area contributed by atoms with Crippen LogP contribution in [-0.2, 0) is 0 Å². The van der Waals surface area contributed by atoms with Crippen LogP contribution < -0.4 is 0 Å². The van der Waals surface area contributed by atoms with Gasteiger partial charge in [-0.15, -0.1) is 8.58 Å². The van der Waals surface area contributed by atoms with Gasteiger partial charge >= 0.3 is 0 Å². The molecule has 0 aliphatic carbocycles. The first-order valence-electron chi connectivity index (χ1n) is 2.51. The van der Waals surface area contributed by atoms with Crippen molar-refractivity contribution in [3.05, 3.63) is 6.92 Å². The minimum atomic E-state index is 0.453. The highest BCUT2D eigenvalue weighted by molar-refractivity contribution is 7.39. The highest BCUT2D eigenvalue weighted by Crippen LogP contribution is 2.28. The van der Waals surface area contributed by atoms with Crippen molar-refractivity contribution in [2.45, 2.75) is 25.9 Å². The predicted molar refractivity (Wildman–Crippen MR) is 37.2 cm³/mol. The van der Waals surface area contributed by atoms with Gasteiger partial charge in [-0.3, -0.25) is 0 Å². The van der Waals surface area contributed by atoms with E-state index in [0.29, 0.717) is 5.16 Å². The summed E-state index contributed by atoms with van der Waals surface area (Å²) in [5.74, 6) is 0. The van der Waals surface area contributed by atoms with E-state index in [0.717, 1.165) is 14.7 Å². The second-order valence-electron chi connectivity index (χ2n) is 2.63. The van der Waals surface area contributed by atoms with Gasteiger partial charge in [0.25, 0.3) is 0 Å². The Balaban J connectivity index is 3.15. The van der Waals surface area contributed by atoms with E-state index in [4.69, 9.17) is 6.92 Å². The molecule has 0 saturated carbocycles. The van der Waals surface area contributed by atoms with Crippen molar-refractivity contribution in [3.8, 4) is 0 Å². The van der Waals surface area contributed by atoms with E-state index in [-0.39, 0.29) is 0 Å². The summed E-state index contributed by atoms with van der Waals surface area (Å²) in [6, 6.07) is 0. The molecule has 2 radical (unpaired) electrons. The van der Waals surface area contributed by atoms with Crippen molar-refractivity contribution in [3.63, 3.8) is 0 Å². The van der Waals surface area contributed by atoms with Crippen LogP contribution in [0.4, 0.5) is 0 Å². The van der Waals surface area contributed by atoms with Crippen LogP contribution in [0.3, 0.4) is 0 Å². The van der Waals surface area contributed by atoms with E-state index in [1.165, 1.54) is 0 Å². The molecule has 0 amide bonds. The van der Waals surface area contributed by atoms with Crippen LogP contribution in [0.1, 0.15) is 20.8 Å². The van der Waals surface area contributed by atoms with Gasteiger partial charge in [0.15, 0.2) is 0 Å². The van der Waals surface area contributed by atoms with Gasteiger partial charge in [0.2, 0.25) is 0 Å². The molecule has 0 heterocycles. The van der Waals surface area contributed by atoms with Gasteiger partial charge in [-0.05, 0) is 18.2 Å². The summed E-state index contributed by atoms with van der Waals surface area (Å²) in [5.41, 5.74) is 0. The Kier molecular flexibility index (Phi) is 2.83. The average molecular weight is 116 g/mol. The molecular formula is C6H13P. The summed E-state index contributed by atoms with van der Waals surface area (Å²) >= 11 is 0. The Morgan fingerprint density at radius 1 is 1.43 bits per heavy atom. The topological polar surface area (TPSA) is 0 Å². The quantitative estimate of drug-likeness (QED) is 0.460. The first-order valence-corrected chi connectivity index (χ1v) is 3.72. The number of hydrogen-bond acceptors (Lipinski definition) is 0. The van der Waals surface area contributed by atoms with Crippen molar-refractivity contribution >= 4 is 8.58 Å². The Hall–Kier alpha value is 0.430. The molecule has 7 heavy (non-hydrogen) atoms. The lowest BCUT2D eigenvalue weighted by Gasteiger charge is -2.15. The van der Waals surface area contributed by atoms with Crippen LogP contribution in [0.5, 0.6) is 0 Å². The average Bonchev–Trinajstić information content (AvgIpc) is 1.30. The lowest BCUT2D eigenvalue weighted by Crippen LogP contribution is -2.04. The first-order chi connectivity index (χ1) is 3.06. The standard InChI is InChI=1S/C6H13P/c1-5-7-6(2,3)4/h1,7H,5H2,2-4H3. The number of hydrogen-bond donors (Lipinski definition) is 0. The predicted octanol–water partition coefficient (Wildman–Crippen LogP) is 2.17. The molecule has 0 fully saturated rings. The van der Waals surface area contributed by atoms with E-state index < -0.39 is 0 Å². The molecule has 0 aliphatic heterocycles. The van der Waals surface area contributed by atoms with Gasteiger partial charge < -0.3 is 0 Å². The lowest BCUT2D eigenvalue weighted by molar-refractivity contribution is 0.795. The summed E-state index contributed by atoms with van der Waals surface area (Å²) in [6.07, 6.45) is 0.837. The van der Waals surface area contributed by atoms with Crippen LogP contribution in [0.25, 0.3) is 0 Å². The smallest absolute Gasteiger partial charge is 0.0207 e. The fraction of sp³-hybridized carbons (Fsp3) is 0.833. The molecule has 0 aliphatic rings. The Morgan fingerprint density at radius 2 is 1.86 bits per heavy atom. The van der Waals surface area contributed by atoms with Gasteiger partial charge in [-0.1, -0.05) is 20.8 Å². The van der Waals surface area contributed by atoms with Crippen molar-refractivity contribution < 1.29 is 0 Å². The van der Waals surface area contributed by atoms with Crippen LogP contribution in [-0.4, -0.2) is 11.3 Å². The second kappa shape index (κ2) is 2.67. The summed E-state index contributed by atoms with van der Waals surface area (Å²) < 4.78 is 0. The molecule has 0 saturated heterocycles. The molecule has 1 atom stereocenters. The molecule has 42 valence electrons. The Morgan fingerprint density at radius 3 is 1.86 bits per heavy atom. The van der Waals surface area contributed by atoms with Gasteiger partial charge in [0, 0.05) is 0 Å². The van der Waals surface area contributed by atoms with Gasteiger partial charge in [-0.25, -0.2) is 0 Å². The van der Waals surface area contributed by atoms with Gasteiger partial charge in [-0.2, -0.15) is 0 Å². The minimum Gasteiger partial charge on any atom is -0.116 e. The third-order valence-electron chi connectivity index (χ3n) is 0.632. The Labute approximate surface area is 48.5 Å². The van der Waals surface area contributed by atoms with Crippen LogP contribution in [0, 0.1) is 6.92 Å². The zero-order valence-electron chi connectivity index (χ0n) is 5.28. The van der Waals surface area contributed by atoms with Crippen LogP contribution in [0.2, 0.25) is 0 Å². The third kappa shape index (κ3) is 6.43. The molecule has 1 unspecified atom stereocenters. The van der Waals surface area contributed by atoms with Crippen molar-refractivity contribution in [2.24, 2.45) is 0 Å². The fourth-order valence-electron chi connectivity index (χ4n) is 0.306. The van der Waals surface area contributed by atoms with Gasteiger partial charge in [0.1, 0.15) is 0 Å². The molecule has 0 nitrogen and oxygen atoms in total. The van der Waals surface area contributed by atoms with E-state index in [9.17, 15) is 0 Å². The molecule has 0 N–H and O–H groups in total. The zero-order valence-corrected chi connectivity index (χ0v) is 6.28. The molecule has 0 rings (SSSR count). The minimum absolute atomic E-state index is 0.453. The second-order valence-corrected chi connectivity index (χ2v) is 4.89. The monoisotopic (exact) mass is 116 g/mol. The highest BCUT2D eigenvalue weighted by atomic mass is 31.1. The molecule has 0 aromatic heterocycles. The van der Waals surface area contributed by atoms with Crippen molar-refractivity contribution in [1.82, 2.24) is 0 Å². The maximum atomic E-state index is 5.33. The molecule has 0 aromatic rings. The Bertz CT molecular complexity index is 42.6. The maximum absolute atomic E-state index is 5.33. The molecule has 1 heteroatoms. The summed E-state index contributed by atoms with van der Waals surface area (Å²) in [6.45, 7) is 11.9. The maximum Gasteiger partial charge on any atom is -0.0207 e. The number of rotatable bonds is 1. The molecule has 0 spiro atoms. The molecular weight excluding hydrogens is 103 g/mol. The van der Waals surface area contributed by atoms with Crippen LogP contribution in [0.15, 0.2) is 0 Å². The van der Waals surface area contributed by atoms with Crippen LogP contribution >= 0.6 is 8.58 Å². The van der Waals surface area contributed by atoms with Gasteiger partial charge in [0.05, 0.1) is 0 Å². The SMILES string of the molecule is [CH]CPC(C)(C)C. The van der Waals surface area contributed by atoms with Crippen molar-refractivity contribution in [2.75, 3.05) is 6.16 Å². The summed E-state index contributed by atoms with van der Waals surface area (Å²) in [7, 11) is 0.902. The van der Waals surface area contributed by atoms with Crippen molar-refractivity contribution in [1.29, 1.82) is 0 Å². The summed E-state index contributed by atoms with van der Waals surface area (Å²) in [5, 5.41) is 0.453. The van der Waals surface area contributed by atoms with E-state index >= 15 is 0 Å². The van der Waals surface area contributed by atoms with E-state index in [1.807, 2.05) is 0 Å². The largest absolute Gasteiger partial charge is 0.116 e.